The van der Waals surface area contributed by atoms with Crippen LogP contribution in [0.2, 0.25) is 0 Å². The minimum Gasteiger partial charge on any atom is -0.445 e. The van der Waals surface area contributed by atoms with Gasteiger partial charge in [0.25, 0.3) is 5.91 Å². The number of ether oxygens (including phenoxy) is 1. The van der Waals surface area contributed by atoms with Crippen LogP contribution in [0.15, 0.2) is 72.8 Å². The number of carbonyl (C=O) groups is 2. The van der Waals surface area contributed by atoms with Crippen LogP contribution >= 0.6 is 0 Å². The Morgan fingerprint density at radius 1 is 0.938 bits per heavy atom. The van der Waals surface area contributed by atoms with Gasteiger partial charge in [-0.1, -0.05) is 48.5 Å². The van der Waals surface area contributed by atoms with E-state index in [2.05, 4.69) is 10.6 Å². The average molecular weight is 431 g/mol. The molecule has 2 atom stereocenters. The van der Waals surface area contributed by atoms with Gasteiger partial charge in [0.15, 0.2) is 0 Å². The van der Waals surface area contributed by atoms with Crippen LogP contribution in [0.3, 0.4) is 0 Å². The molecule has 1 fully saturated rings. The number of nitrogens with two attached hydrogens (primary N) is 2. The van der Waals surface area contributed by atoms with E-state index in [4.69, 9.17) is 16.2 Å². The van der Waals surface area contributed by atoms with Crippen LogP contribution < -0.4 is 22.1 Å². The van der Waals surface area contributed by atoms with E-state index in [1.54, 1.807) is 48.5 Å². The lowest BCUT2D eigenvalue weighted by atomic mass is 10.1. The first-order valence-electron chi connectivity index (χ1n) is 10.5. The molecule has 0 radical (unpaired) electrons. The maximum Gasteiger partial charge on any atom is 0.407 e. The molecule has 6 N–H and O–H groups in total. The van der Waals surface area contributed by atoms with Gasteiger partial charge in [0.1, 0.15) is 6.61 Å². The van der Waals surface area contributed by atoms with Crippen molar-refractivity contribution in [2.75, 3.05) is 11.1 Å². The zero-order valence-electron chi connectivity index (χ0n) is 17.6. The highest BCUT2D eigenvalue weighted by atomic mass is 16.5. The van der Waals surface area contributed by atoms with Crippen LogP contribution in [0.25, 0.3) is 0 Å². The average Bonchev–Trinajstić information content (AvgIpc) is 3.55. The first-order chi connectivity index (χ1) is 15.5. The number of alkyl carbamates (subject to hydrolysis) is 1. The van der Waals surface area contributed by atoms with E-state index in [9.17, 15) is 9.59 Å². The number of nitrogen functional groups attached to an aromatic ring is 1. The van der Waals surface area contributed by atoms with Gasteiger partial charge < -0.3 is 26.8 Å². The molecule has 0 saturated heterocycles. The second kappa shape index (κ2) is 9.53. The standard InChI is InChI=1S/C25H26N4O3/c26-21-3-1-2-4-23(21)29-24(30)19-11-5-16(6-12-19)14-28-25(31)32-15-17-7-9-18(10-8-17)20-13-22(20)27/h1-12,20,22H,13-15,26-27H2,(H,28,31)(H,29,30)/t20-,22+/m0/s1. The molecular weight excluding hydrogens is 404 g/mol. The predicted molar refractivity (Wildman–Crippen MR) is 124 cm³/mol. The summed E-state index contributed by atoms with van der Waals surface area (Å²) < 4.78 is 5.28. The maximum atomic E-state index is 12.4. The summed E-state index contributed by atoms with van der Waals surface area (Å²) >= 11 is 0. The van der Waals surface area contributed by atoms with Gasteiger partial charge in [0, 0.05) is 24.1 Å². The van der Waals surface area contributed by atoms with Crippen molar-refractivity contribution in [2.24, 2.45) is 5.73 Å². The Morgan fingerprint density at radius 3 is 2.25 bits per heavy atom. The molecule has 0 aromatic heterocycles. The number of hydrogen-bond acceptors (Lipinski definition) is 5. The van der Waals surface area contributed by atoms with Gasteiger partial charge in [0.2, 0.25) is 0 Å². The van der Waals surface area contributed by atoms with Crippen molar-refractivity contribution in [3.63, 3.8) is 0 Å². The molecule has 3 aromatic rings. The molecular formula is C25H26N4O3. The highest BCUT2D eigenvalue weighted by molar-refractivity contribution is 6.05. The van der Waals surface area contributed by atoms with Crippen molar-refractivity contribution in [1.29, 1.82) is 0 Å². The Labute approximate surface area is 186 Å². The van der Waals surface area contributed by atoms with Gasteiger partial charge in [0.05, 0.1) is 11.4 Å². The number of benzene rings is 3. The SMILES string of the molecule is Nc1ccccc1NC(=O)c1ccc(CNC(=O)OCc2ccc([C@@H]3C[C@H]3N)cc2)cc1. The lowest BCUT2D eigenvalue weighted by Gasteiger charge is -2.10. The molecule has 32 heavy (non-hydrogen) atoms. The largest absolute Gasteiger partial charge is 0.445 e. The molecule has 3 aromatic carbocycles. The second-order valence-electron chi connectivity index (χ2n) is 7.92. The summed E-state index contributed by atoms with van der Waals surface area (Å²) in [6.45, 7) is 0.495. The van der Waals surface area contributed by atoms with Crippen molar-refractivity contribution in [3.05, 3.63) is 95.1 Å². The van der Waals surface area contributed by atoms with Crippen molar-refractivity contribution in [1.82, 2.24) is 5.32 Å². The minimum atomic E-state index is -0.500. The smallest absolute Gasteiger partial charge is 0.407 e. The van der Waals surface area contributed by atoms with Crippen LogP contribution in [0.4, 0.5) is 16.2 Å². The third-order valence-electron chi connectivity index (χ3n) is 5.48. The molecule has 1 aliphatic carbocycles. The van der Waals surface area contributed by atoms with Gasteiger partial charge in [-0.2, -0.15) is 0 Å². The Bertz CT molecular complexity index is 1100. The summed E-state index contributed by atoms with van der Waals surface area (Å²) in [5.41, 5.74) is 16.3. The number of anilines is 2. The van der Waals surface area contributed by atoms with E-state index in [0.29, 0.717) is 29.4 Å². The van der Waals surface area contributed by atoms with E-state index in [1.807, 2.05) is 24.3 Å². The van der Waals surface area contributed by atoms with E-state index in [0.717, 1.165) is 17.5 Å². The van der Waals surface area contributed by atoms with Gasteiger partial charge in [-0.15, -0.1) is 0 Å². The Balaban J connectivity index is 1.22. The highest BCUT2D eigenvalue weighted by Gasteiger charge is 2.34. The van der Waals surface area contributed by atoms with Crippen molar-refractivity contribution in [2.45, 2.75) is 31.5 Å². The lowest BCUT2D eigenvalue weighted by Crippen LogP contribution is -2.23. The number of rotatable bonds is 7. The van der Waals surface area contributed by atoms with Crippen LogP contribution in [-0.2, 0) is 17.9 Å². The molecule has 7 heteroatoms. The molecule has 0 bridgehead atoms. The number of carbonyl (C=O) groups excluding carboxylic acids is 2. The van der Waals surface area contributed by atoms with Gasteiger partial charge >= 0.3 is 6.09 Å². The number of hydrogen-bond donors (Lipinski definition) is 4. The van der Waals surface area contributed by atoms with Crippen LogP contribution in [-0.4, -0.2) is 18.0 Å². The number of amides is 2. The van der Waals surface area contributed by atoms with Crippen LogP contribution in [0.5, 0.6) is 0 Å². The Morgan fingerprint density at radius 2 is 1.59 bits per heavy atom. The van der Waals surface area contributed by atoms with E-state index < -0.39 is 6.09 Å². The van der Waals surface area contributed by atoms with E-state index in [-0.39, 0.29) is 18.6 Å². The molecule has 0 unspecified atom stereocenters. The molecule has 4 rings (SSSR count). The van der Waals surface area contributed by atoms with Crippen molar-refractivity contribution in [3.8, 4) is 0 Å². The van der Waals surface area contributed by atoms with Gasteiger partial charge in [-0.25, -0.2) is 4.79 Å². The third kappa shape index (κ3) is 5.44. The highest BCUT2D eigenvalue weighted by Crippen LogP contribution is 2.38. The summed E-state index contributed by atoms with van der Waals surface area (Å²) in [5, 5.41) is 5.50. The maximum absolute atomic E-state index is 12.4. The van der Waals surface area contributed by atoms with Crippen molar-refractivity contribution >= 4 is 23.4 Å². The molecule has 7 nitrogen and oxygen atoms in total. The third-order valence-corrected chi connectivity index (χ3v) is 5.48. The van der Waals surface area contributed by atoms with E-state index in [1.165, 1.54) is 5.56 Å². The zero-order valence-corrected chi connectivity index (χ0v) is 17.6. The fourth-order valence-corrected chi connectivity index (χ4v) is 3.41. The Hall–Kier alpha value is -3.84. The molecule has 0 heterocycles. The predicted octanol–water partition coefficient (Wildman–Crippen LogP) is 3.76. The normalized spacial score (nSPS) is 16.8. The molecule has 0 aliphatic heterocycles. The van der Waals surface area contributed by atoms with Gasteiger partial charge in [-0.05, 0) is 47.4 Å². The number of para-hydroxylation sites is 2. The first kappa shape index (κ1) is 21.4. The van der Waals surface area contributed by atoms with Crippen molar-refractivity contribution < 1.29 is 14.3 Å². The Kier molecular flexibility index (Phi) is 6.37. The summed E-state index contributed by atoms with van der Waals surface area (Å²) in [6, 6.07) is 22.3. The number of nitrogens with one attached hydrogen (secondary N) is 2. The first-order valence-corrected chi connectivity index (χ1v) is 10.5. The van der Waals surface area contributed by atoms with Gasteiger partial charge in [-0.3, -0.25) is 4.79 Å². The topological polar surface area (TPSA) is 119 Å². The molecule has 2 amide bonds. The molecule has 1 aliphatic rings. The summed E-state index contributed by atoms with van der Waals surface area (Å²) in [7, 11) is 0. The summed E-state index contributed by atoms with van der Waals surface area (Å²) in [4.78, 5) is 24.4. The second-order valence-corrected chi connectivity index (χ2v) is 7.92. The summed E-state index contributed by atoms with van der Waals surface area (Å²) in [6.07, 6.45) is 0.533. The zero-order chi connectivity index (χ0) is 22.5. The minimum absolute atomic E-state index is 0.199. The fraction of sp³-hybridized carbons (Fsp3) is 0.200. The fourth-order valence-electron chi connectivity index (χ4n) is 3.41. The molecule has 1 saturated carbocycles. The summed E-state index contributed by atoms with van der Waals surface area (Å²) in [5.74, 6) is 0.207. The van der Waals surface area contributed by atoms with Crippen LogP contribution in [0, 0.1) is 0 Å². The monoisotopic (exact) mass is 430 g/mol. The lowest BCUT2D eigenvalue weighted by molar-refractivity contribution is 0.102. The quantitative estimate of drug-likeness (QED) is 0.426. The van der Waals surface area contributed by atoms with Crippen LogP contribution in [0.1, 0.15) is 39.4 Å². The molecule has 164 valence electrons. The van der Waals surface area contributed by atoms with E-state index >= 15 is 0 Å². The molecule has 0 spiro atoms.